The Bertz CT molecular complexity index is 171. The summed E-state index contributed by atoms with van der Waals surface area (Å²) in [6.45, 7) is 2.33. The molecule has 2 rings (SSSR count). The molecule has 2 unspecified atom stereocenters. The Kier molecular flexibility index (Phi) is 2.89. The van der Waals surface area contributed by atoms with Gasteiger partial charge in [-0.05, 0) is 44.4 Å². The third kappa shape index (κ3) is 2.23. The minimum atomic E-state index is -0.0732. The van der Waals surface area contributed by atoms with Gasteiger partial charge in [0, 0.05) is 12.1 Å². The number of aliphatic hydroxyl groups excluding tert-OH is 1. The molecule has 76 valence electrons. The first-order valence-corrected chi connectivity index (χ1v) is 5.70. The second-order valence-electron chi connectivity index (χ2n) is 4.89. The molecule has 2 nitrogen and oxygen atoms in total. The number of hydrogen-bond acceptors (Lipinski definition) is 2. The Morgan fingerprint density at radius 2 is 2.00 bits per heavy atom. The van der Waals surface area contributed by atoms with E-state index in [0.717, 1.165) is 12.3 Å². The average Bonchev–Trinajstić information content (AvgIpc) is 2.64. The normalized spacial score (nSPS) is 45.7. The topological polar surface area (TPSA) is 32.3 Å². The third-order valence-corrected chi connectivity index (χ3v) is 3.62. The summed E-state index contributed by atoms with van der Waals surface area (Å²) in [4.78, 5) is 0. The van der Waals surface area contributed by atoms with Crippen molar-refractivity contribution in [2.75, 3.05) is 0 Å². The predicted octanol–water partition coefficient (Wildman–Crippen LogP) is 1.68. The van der Waals surface area contributed by atoms with E-state index in [1.807, 2.05) is 0 Å². The van der Waals surface area contributed by atoms with Crippen LogP contribution in [-0.2, 0) is 0 Å². The summed E-state index contributed by atoms with van der Waals surface area (Å²) < 4.78 is 0. The summed E-state index contributed by atoms with van der Waals surface area (Å²) in [7, 11) is 0. The molecule has 0 bridgehead atoms. The molecule has 2 fully saturated rings. The molecule has 0 aliphatic heterocycles. The van der Waals surface area contributed by atoms with Crippen LogP contribution in [0.2, 0.25) is 0 Å². The molecule has 2 heteroatoms. The maximum absolute atomic E-state index is 9.65. The van der Waals surface area contributed by atoms with Crippen LogP contribution in [0.5, 0.6) is 0 Å². The number of hydrogen-bond donors (Lipinski definition) is 2. The molecule has 0 spiro atoms. The summed E-state index contributed by atoms with van der Waals surface area (Å²) in [5.74, 6) is 0.885. The highest BCUT2D eigenvalue weighted by Gasteiger charge is 2.29. The van der Waals surface area contributed by atoms with Gasteiger partial charge in [0.1, 0.15) is 0 Å². The summed E-state index contributed by atoms with van der Waals surface area (Å²) in [6.07, 6.45) is 7.28. The van der Waals surface area contributed by atoms with Gasteiger partial charge in [0.2, 0.25) is 0 Å². The fourth-order valence-corrected chi connectivity index (χ4v) is 2.80. The average molecular weight is 183 g/mol. The summed E-state index contributed by atoms with van der Waals surface area (Å²) in [6, 6.07) is 1.09. The molecule has 2 aliphatic rings. The zero-order valence-corrected chi connectivity index (χ0v) is 8.50. The predicted molar refractivity (Wildman–Crippen MR) is 53.6 cm³/mol. The van der Waals surface area contributed by atoms with Crippen LogP contribution in [0.25, 0.3) is 0 Å². The maximum Gasteiger partial charge on any atom is 0.0693 e. The number of rotatable bonds is 2. The number of nitrogens with one attached hydrogen (secondary N) is 1. The molecular formula is C11H21NO. The van der Waals surface area contributed by atoms with Crippen LogP contribution in [0.3, 0.4) is 0 Å². The van der Waals surface area contributed by atoms with Gasteiger partial charge in [0.15, 0.2) is 0 Å². The Hall–Kier alpha value is -0.0800. The van der Waals surface area contributed by atoms with Gasteiger partial charge in [-0.25, -0.2) is 0 Å². The van der Waals surface area contributed by atoms with Gasteiger partial charge in [0.25, 0.3) is 0 Å². The maximum atomic E-state index is 9.65. The van der Waals surface area contributed by atoms with E-state index in [1.54, 1.807) is 0 Å². The van der Waals surface area contributed by atoms with Crippen LogP contribution in [0.15, 0.2) is 0 Å². The lowest BCUT2D eigenvalue weighted by Gasteiger charge is -2.21. The van der Waals surface area contributed by atoms with Crippen LogP contribution in [0.4, 0.5) is 0 Å². The zero-order valence-electron chi connectivity index (χ0n) is 8.50. The van der Waals surface area contributed by atoms with E-state index < -0.39 is 0 Å². The van der Waals surface area contributed by atoms with Gasteiger partial charge in [-0.2, -0.15) is 0 Å². The molecule has 0 radical (unpaired) electrons. The van der Waals surface area contributed by atoms with Gasteiger partial charge in [-0.1, -0.05) is 6.92 Å². The minimum Gasteiger partial charge on any atom is -0.392 e. The van der Waals surface area contributed by atoms with Crippen molar-refractivity contribution >= 4 is 0 Å². The van der Waals surface area contributed by atoms with Crippen molar-refractivity contribution < 1.29 is 5.11 Å². The lowest BCUT2D eigenvalue weighted by Crippen LogP contribution is -2.41. The second-order valence-corrected chi connectivity index (χ2v) is 4.89. The van der Waals surface area contributed by atoms with Gasteiger partial charge in [-0.15, -0.1) is 0 Å². The van der Waals surface area contributed by atoms with Crippen molar-refractivity contribution in [3.8, 4) is 0 Å². The van der Waals surface area contributed by atoms with Crippen molar-refractivity contribution in [3.63, 3.8) is 0 Å². The largest absolute Gasteiger partial charge is 0.392 e. The molecule has 0 aromatic carbocycles. The molecule has 4 atom stereocenters. The van der Waals surface area contributed by atoms with Crippen LogP contribution in [0.1, 0.15) is 45.4 Å². The van der Waals surface area contributed by atoms with Crippen LogP contribution in [0, 0.1) is 5.92 Å². The first-order chi connectivity index (χ1) is 6.25. The molecule has 0 saturated heterocycles. The Balaban J connectivity index is 1.77. The van der Waals surface area contributed by atoms with Crippen molar-refractivity contribution in [2.45, 2.75) is 63.6 Å². The van der Waals surface area contributed by atoms with E-state index in [-0.39, 0.29) is 6.10 Å². The quantitative estimate of drug-likeness (QED) is 0.682. The molecule has 2 saturated carbocycles. The lowest BCUT2D eigenvalue weighted by atomic mass is 10.1. The smallest absolute Gasteiger partial charge is 0.0693 e. The van der Waals surface area contributed by atoms with E-state index in [9.17, 15) is 5.11 Å². The SMILES string of the molecule is CC1CCC(N[C@@H]2CCC[C@H]2O)C1. The summed E-state index contributed by atoms with van der Waals surface area (Å²) >= 11 is 0. The molecule has 0 amide bonds. The summed E-state index contributed by atoms with van der Waals surface area (Å²) in [5, 5.41) is 13.3. The van der Waals surface area contributed by atoms with Crippen molar-refractivity contribution in [1.29, 1.82) is 0 Å². The van der Waals surface area contributed by atoms with Gasteiger partial charge in [0.05, 0.1) is 6.10 Å². The molecule has 2 aliphatic carbocycles. The van der Waals surface area contributed by atoms with E-state index in [2.05, 4.69) is 12.2 Å². The molecule has 0 heterocycles. The Morgan fingerprint density at radius 1 is 1.15 bits per heavy atom. The first-order valence-electron chi connectivity index (χ1n) is 5.70. The van der Waals surface area contributed by atoms with Crippen molar-refractivity contribution in [1.82, 2.24) is 5.32 Å². The minimum absolute atomic E-state index is 0.0732. The standard InChI is InChI=1S/C11H21NO/c1-8-5-6-9(7-8)12-10-3-2-4-11(10)13/h8-13H,2-7H2,1H3/t8?,9?,10-,11-/m1/s1. The van der Waals surface area contributed by atoms with Crippen LogP contribution < -0.4 is 5.32 Å². The fourth-order valence-electron chi connectivity index (χ4n) is 2.80. The molecule has 0 aromatic rings. The molecule has 2 N–H and O–H groups in total. The van der Waals surface area contributed by atoms with Crippen LogP contribution in [-0.4, -0.2) is 23.3 Å². The van der Waals surface area contributed by atoms with Gasteiger partial charge in [-0.3, -0.25) is 0 Å². The Morgan fingerprint density at radius 3 is 2.54 bits per heavy atom. The lowest BCUT2D eigenvalue weighted by molar-refractivity contribution is 0.142. The van der Waals surface area contributed by atoms with Crippen molar-refractivity contribution in [2.24, 2.45) is 5.92 Å². The first kappa shape index (κ1) is 9.47. The highest BCUT2D eigenvalue weighted by molar-refractivity contribution is 4.88. The van der Waals surface area contributed by atoms with E-state index in [0.29, 0.717) is 12.1 Å². The molecule has 13 heavy (non-hydrogen) atoms. The summed E-state index contributed by atoms with van der Waals surface area (Å²) in [5.41, 5.74) is 0. The zero-order chi connectivity index (χ0) is 9.26. The molecular weight excluding hydrogens is 162 g/mol. The molecule has 0 aromatic heterocycles. The van der Waals surface area contributed by atoms with Crippen molar-refractivity contribution in [3.05, 3.63) is 0 Å². The monoisotopic (exact) mass is 183 g/mol. The van der Waals surface area contributed by atoms with E-state index in [4.69, 9.17) is 0 Å². The van der Waals surface area contributed by atoms with E-state index >= 15 is 0 Å². The van der Waals surface area contributed by atoms with Gasteiger partial charge >= 0.3 is 0 Å². The number of aliphatic hydroxyl groups is 1. The Labute approximate surface area is 80.7 Å². The van der Waals surface area contributed by atoms with Crippen LogP contribution >= 0.6 is 0 Å². The second kappa shape index (κ2) is 3.97. The van der Waals surface area contributed by atoms with Gasteiger partial charge < -0.3 is 10.4 Å². The third-order valence-electron chi connectivity index (χ3n) is 3.62. The highest BCUT2D eigenvalue weighted by Crippen LogP contribution is 2.27. The fraction of sp³-hybridized carbons (Fsp3) is 1.00. The van der Waals surface area contributed by atoms with E-state index in [1.165, 1.54) is 32.1 Å². The highest BCUT2D eigenvalue weighted by atomic mass is 16.3.